The minimum absolute atomic E-state index is 0.249. The predicted octanol–water partition coefficient (Wildman–Crippen LogP) is 3.31. The molecule has 0 bridgehead atoms. The zero-order chi connectivity index (χ0) is 11.9. The van der Waals surface area contributed by atoms with E-state index in [1.165, 1.54) is 0 Å². The van der Waals surface area contributed by atoms with Gasteiger partial charge in [-0.1, -0.05) is 41.1 Å². The molecule has 3 heteroatoms. The summed E-state index contributed by atoms with van der Waals surface area (Å²) in [6.07, 6.45) is 0.847. The first-order valence-corrected chi connectivity index (χ1v) is 5.43. The number of azo groups is 2. The van der Waals surface area contributed by atoms with Crippen LogP contribution in [-0.4, -0.2) is 17.5 Å². The molecule has 17 heavy (non-hydrogen) atoms. The molecule has 0 unspecified atom stereocenters. The van der Waals surface area contributed by atoms with Crippen molar-refractivity contribution in [2.24, 2.45) is 5.11 Å². The Labute approximate surface area is 100 Å². The summed E-state index contributed by atoms with van der Waals surface area (Å²) in [5.41, 5.74) is 1.74. The third kappa shape index (κ3) is 3.08. The van der Waals surface area contributed by atoms with Gasteiger partial charge in [0.05, 0.1) is 0 Å². The molecule has 0 atom stereocenters. The third-order valence-corrected chi connectivity index (χ3v) is 2.29. The third-order valence-electron chi connectivity index (χ3n) is 2.29. The van der Waals surface area contributed by atoms with E-state index in [-0.39, 0.29) is 6.54 Å². The molecule has 2 rings (SSSR count). The molecule has 0 fully saturated rings. The fourth-order valence-corrected chi connectivity index (χ4v) is 1.51. The van der Waals surface area contributed by atoms with Crippen molar-refractivity contribution in [1.82, 2.24) is 0 Å². The Balaban J connectivity index is 2.36. The van der Waals surface area contributed by atoms with Gasteiger partial charge in [0.25, 0.3) is 0 Å². The molecule has 0 radical (unpaired) electrons. The Morgan fingerprint density at radius 3 is 2.12 bits per heavy atom. The van der Waals surface area contributed by atoms with Gasteiger partial charge in [-0.15, -0.1) is 0 Å². The first-order chi connectivity index (χ1) is 8.40. The number of nitrogens with zero attached hydrogens (tertiary/aromatic N) is 2. The van der Waals surface area contributed by atoms with Gasteiger partial charge in [-0.25, -0.2) is 0 Å². The highest BCUT2D eigenvalue weighted by molar-refractivity contribution is 5.51. The van der Waals surface area contributed by atoms with E-state index in [2.05, 4.69) is 5.11 Å². The molecule has 0 amide bonds. The molecule has 0 saturated heterocycles. The molecule has 0 heterocycles. The predicted molar refractivity (Wildman–Crippen MR) is 65.8 cm³/mol. The van der Waals surface area contributed by atoms with Crippen LogP contribution in [0.5, 0.6) is 0 Å². The average molecular weight is 225 g/mol. The second-order valence-electron chi connectivity index (χ2n) is 3.52. The van der Waals surface area contributed by atoms with Gasteiger partial charge in [0.2, 0.25) is 12.2 Å². The molecule has 0 spiro atoms. The van der Waals surface area contributed by atoms with Gasteiger partial charge >= 0.3 is 0 Å². The van der Waals surface area contributed by atoms with Gasteiger partial charge in [-0.05, 0) is 12.1 Å². The molecule has 0 saturated carbocycles. The highest BCUT2D eigenvalue weighted by atomic mass is 16.1. The van der Waals surface area contributed by atoms with Crippen LogP contribution in [0.2, 0.25) is 0 Å². The van der Waals surface area contributed by atoms with Crippen LogP contribution in [0.25, 0.3) is 0 Å². The quantitative estimate of drug-likeness (QED) is 0.446. The number of benzene rings is 2. The highest BCUT2D eigenvalue weighted by Crippen LogP contribution is 2.16. The Hall–Kier alpha value is -2.29. The number of para-hydroxylation sites is 1. The minimum atomic E-state index is 0.249. The summed E-state index contributed by atoms with van der Waals surface area (Å²) in [4.78, 5) is 10.7. The van der Waals surface area contributed by atoms with E-state index in [0.29, 0.717) is 0 Å². The van der Waals surface area contributed by atoms with Crippen LogP contribution in [0.4, 0.5) is 11.4 Å². The van der Waals surface area contributed by atoms with E-state index in [0.717, 1.165) is 17.7 Å². The van der Waals surface area contributed by atoms with Crippen LogP contribution in [-0.2, 0) is 4.79 Å². The van der Waals surface area contributed by atoms with Gasteiger partial charge in [0.1, 0.15) is 5.69 Å². The monoisotopic (exact) mass is 225 g/mol. The molecule has 0 aliphatic rings. The number of carbonyl (C=O) groups excluding carboxylic acids is 1. The maximum atomic E-state index is 10.7. The van der Waals surface area contributed by atoms with Gasteiger partial charge in [0.15, 0.2) is 6.29 Å². The van der Waals surface area contributed by atoms with Crippen molar-refractivity contribution in [3.63, 3.8) is 0 Å². The molecule has 0 aromatic heterocycles. The summed E-state index contributed by atoms with van der Waals surface area (Å²) < 4.78 is 1.68. The van der Waals surface area contributed by atoms with E-state index in [1.54, 1.807) is 4.70 Å². The Morgan fingerprint density at radius 2 is 1.53 bits per heavy atom. The van der Waals surface area contributed by atoms with Crippen LogP contribution in [0.1, 0.15) is 0 Å². The molecule has 84 valence electrons. The zero-order valence-electron chi connectivity index (χ0n) is 9.36. The van der Waals surface area contributed by atoms with Crippen molar-refractivity contribution in [3.8, 4) is 0 Å². The molecule has 2 aromatic carbocycles. The molecular formula is C14H13N2O+. The molecular weight excluding hydrogens is 212 g/mol. The lowest BCUT2D eigenvalue weighted by Gasteiger charge is -1.96. The summed E-state index contributed by atoms with van der Waals surface area (Å²) in [5, 5.41) is 4.42. The van der Waals surface area contributed by atoms with Crippen LogP contribution in [0.15, 0.2) is 65.8 Å². The van der Waals surface area contributed by atoms with Crippen LogP contribution in [0.3, 0.4) is 0 Å². The van der Waals surface area contributed by atoms with Gasteiger partial charge in [0, 0.05) is 17.2 Å². The van der Waals surface area contributed by atoms with Crippen molar-refractivity contribution < 1.29 is 9.49 Å². The Kier molecular flexibility index (Phi) is 3.76. The molecule has 0 aliphatic heterocycles. The number of aldehydes is 1. The normalized spacial score (nSPS) is 11.2. The zero-order valence-corrected chi connectivity index (χ0v) is 9.36. The lowest BCUT2D eigenvalue weighted by Crippen LogP contribution is -2.05. The SMILES string of the molecule is O=CC[N+](=Nc1ccccc1)c1ccccc1. The topological polar surface area (TPSA) is 32.4 Å². The lowest BCUT2D eigenvalue weighted by atomic mass is 10.3. The van der Waals surface area contributed by atoms with E-state index < -0.39 is 0 Å². The standard InChI is InChI=1S/C14H13N2O/c17-12-11-16(14-9-5-2-6-10-14)15-13-7-3-1-4-8-13/h1-10,12H,11H2/q+1. The average Bonchev–Trinajstić information content (AvgIpc) is 2.40. The van der Waals surface area contributed by atoms with Gasteiger partial charge < -0.3 is 0 Å². The smallest absolute Gasteiger partial charge is 0.232 e. The van der Waals surface area contributed by atoms with Crippen LogP contribution in [0, 0.1) is 0 Å². The maximum Gasteiger partial charge on any atom is 0.232 e. The second kappa shape index (κ2) is 5.70. The summed E-state index contributed by atoms with van der Waals surface area (Å²) in [6.45, 7) is 0.249. The van der Waals surface area contributed by atoms with Crippen molar-refractivity contribution >= 4 is 17.7 Å². The summed E-state index contributed by atoms with van der Waals surface area (Å²) in [7, 11) is 0. The summed E-state index contributed by atoms with van der Waals surface area (Å²) in [6, 6.07) is 19.2. The fourth-order valence-electron chi connectivity index (χ4n) is 1.51. The lowest BCUT2D eigenvalue weighted by molar-refractivity contribution is -0.494. The molecule has 3 nitrogen and oxygen atoms in total. The fraction of sp³-hybridized carbons (Fsp3) is 0.0714. The van der Waals surface area contributed by atoms with E-state index in [1.807, 2.05) is 60.7 Å². The molecule has 2 aromatic rings. The number of carbonyl (C=O) groups is 1. The first kappa shape index (κ1) is 11.2. The van der Waals surface area contributed by atoms with Gasteiger partial charge in [-0.3, -0.25) is 4.79 Å². The van der Waals surface area contributed by atoms with Crippen molar-refractivity contribution in [1.29, 1.82) is 0 Å². The highest BCUT2D eigenvalue weighted by Gasteiger charge is 2.09. The molecule has 0 aliphatic carbocycles. The van der Waals surface area contributed by atoms with Crippen molar-refractivity contribution in [3.05, 3.63) is 60.7 Å². The van der Waals surface area contributed by atoms with Crippen LogP contribution >= 0.6 is 0 Å². The summed E-state index contributed by atoms with van der Waals surface area (Å²) >= 11 is 0. The molecule has 0 N–H and O–H groups in total. The first-order valence-electron chi connectivity index (χ1n) is 5.43. The number of hydrogen-bond donors (Lipinski definition) is 0. The number of rotatable bonds is 4. The largest absolute Gasteiger partial charge is 0.296 e. The van der Waals surface area contributed by atoms with Crippen molar-refractivity contribution in [2.45, 2.75) is 0 Å². The van der Waals surface area contributed by atoms with E-state index >= 15 is 0 Å². The van der Waals surface area contributed by atoms with Crippen molar-refractivity contribution in [2.75, 3.05) is 6.54 Å². The number of hydrogen-bond acceptors (Lipinski definition) is 2. The summed E-state index contributed by atoms with van der Waals surface area (Å²) in [5.74, 6) is 0. The van der Waals surface area contributed by atoms with E-state index in [4.69, 9.17) is 0 Å². The van der Waals surface area contributed by atoms with E-state index in [9.17, 15) is 4.79 Å². The second-order valence-corrected chi connectivity index (χ2v) is 3.52. The Bertz CT molecular complexity index is 506. The maximum absolute atomic E-state index is 10.7. The minimum Gasteiger partial charge on any atom is -0.296 e. The Morgan fingerprint density at radius 1 is 0.941 bits per heavy atom. The van der Waals surface area contributed by atoms with Crippen LogP contribution < -0.4 is 0 Å². The van der Waals surface area contributed by atoms with Gasteiger partial charge in [-0.2, -0.15) is 0 Å².